The SMILES string of the molecule is CSCCC(NC(=O)C(NC(=O)C(Cc1cnc[nH]1)NC(=O)C(N)CCCN=C(N)N)C(C)C)C(=O)O. The number of hydrogen-bond donors (Lipinski definition) is 8. The van der Waals surface area contributed by atoms with E-state index in [0.29, 0.717) is 24.4 Å². The largest absolute Gasteiger partial charge is 0.480 e. The van der Waals surface area contributed by atoms with Crippen molar-refractivity contribution >= 4 is 41.4 Å². The number of carbonyl (C=O) groups is 4. The lowest BCUT2D eigenvalue weighted by Gasteiger charge is -2.27. The van der Waals surface area contributed by atoms with Gasteiger partial charge in [0.05, 0.1) is 12.4 Å². The van der Waals surface area contributed by atoms with Gasteiger partial charge in [0.25, 0.3) is 0 Å². The molecule has 1 rings (SSSR count). The fourth-order valence-corrected chi connectivity index (χ4v) is 3.77. The maximum atomic E-state index is 13.2. The zero-order chi connectivity index (χ0) is 28.0. The van der Waals surface area contributed by atoms with Crippen molar-refractivity contribution in [1.82, 2.24) is 25.9 Å². The van der Waals surface area contributed by atoms with E-state index >= 15 is 0 Å². The van der Waals surface area contributed by atoms with Gasteiger partial charge >= 0.3 is 5.97 Å². The second-order valence-corrected chi connectivity index (χ2v) is 9.79. The first-order valence-corrected chi connectivity index (χ1v) is 13.3. The van der Waals surface area contributed by atoms with Crippen molar-refractivity contribution in [2.24, 2.45) is 28.1 Å². The zero-order valence-electron chi connectivity index (χ0n) is 21.4. The van der Waals surface area contributed by atoms with Gasteiger partial charge in [-0.05, 0) is 37.2 Å². The molecule has 4 atom stereocenters. The molecule has 0 bridgehead atoms. The van der Waals surface area contributed by atoms with Crippen LogP contribution >= 0.6 is 11.8 Å². The number of carboxylic acids is 1. The van der Waals surface area contributed by atoms with E-state index in [-0.39, 0.29) is 31.1 Å². The van der Waals surface area contributed by atoms with Crippen molar-refractivity contribution in [3.05, 3.63) is 18.2 Å². The van der Waals surface area contributed by atoms with Gasteiger partial charge in [0, 0.05) is 24.9 Å². The van der Waals surface area contributed by atoms with Crippen LogP contribution in [0.3, 0.4) is 0 Å². The Morgan fingerprint density at radius 3 is 2.30 bits per heavy atom. The van der Waals surface area contributed by atoms with E-state index in [0.717, 1.165) is 0 Å². The monoisotopic (exact) mass is 541 g/mol. The number of carboxylic acid groups (broad SMARTS) is 1. The molecule has 0 saturated heterocycles. The number of nitrogens with zero attached hydrogens (tertiary/aromatic N) is 2. The minimum Gasteiger partial charge on any atom is -0.480 e. The van der Waals surface area contributed by atoms with Crippen LogP contribution in [0.25, 0.3) is 0 Å². The lowest BCUT2D eigenvalue weighted by molar-refractivity contribution is -0.142. The van der Waals surface area contributed by atoms with Crippen molar-refractivity contribution in [2.75, 3.05) is 18.6 Å². The molecule has 1 heterocycles. The number of carbonyl (C=O) groups excluding carboxylic acids is 3. The molecule has 3 amide bonds. The van der Waals surface area contributed by atoms with Gasteiger partial charge in [-0.15, -0.1) is 0 Å². The smallest absolute Gasteiger partial charge is 0.326 e. The second kappa shape index (κ2) is 16.4. The van der Waals surface area contributed by atoms with E-state index in [4.69, 9.17) is 17.2 Å². The third-order valence-electron chi connectivity index (χ3n) is 5.39. The number of imidazole rings is 1. The molecule has 1 aromatic rings. The van der Waals surface area contributed by atoms with E-state index < -0.39 is 47.9 Å². The summed E-state index contributed by atoms with van der Waals surface area (Å²) in [5.74, 6) is -2.84. The Morgan fingerprint density at radius 2 is 1.76 bits per heavy atom. The number of H-pyrrole nitrogens is 1. The molecule has 15 heteroatoms. The zero-order valence-corrected chi connectivity index (χ0v) is 22.2. The van der Waals surface area contributed by atoms with Crippen molar-refractivity contribution in [1.29, 1.82) is 0 Å². The van der Waals surface area contributed by atoms with E-state index in [2.05, 4.69) is 30.9 Å². The Kier molecular flexibility index (Phi) is 14.1. The summed E-state index contributed by atoms with van der Waals surface area (Å²) in [7, 11) is 0. The number of aliphatic imine (C=N–C) groups is 1. The fourth-order valence-electron chi connectivity index (χ4n) is 3.30. The number of nitrogens with one attached hydrogen (secondary N) is 4. The summed E-state index contributed by atoms with van der Waals surface area (Å²) < 4.78 is 0. The van der Waals surface area contributed by atoms with Crippen LogP contribution in [0.1, 0.15) is 38.8 Å². The second-order valence-electron chi connectivity index (χ2n) is 8.81. The first-order valence-electron chi connectivity index (χ1n) is 11.9. The number of amides is 3. The van der Waals surface area contributed by atoms with Crippen molar-refractivity contribution in [3.63, 3.8) is 0 Å². The fraction of sp³-hybridized carbons (Fsp3) is 0.636. The van der Waals surface area contributed by atoms with Crippen LogP contribution < -0.4 is 33.2 Å². The molecule has 0 aromatic carbocycles. The van der Waals surface area contributed by atoms with Crippen LogP contribution in [0.2, 0.25) is 0 Å². The molecule has 0 aliphatic heterocycles. The van der Waals surface area contributed by atoms with E-state index in [1.54, 1.807) is 13.8 Å². The molecule has 14 nitrogen and oxygen atoms in total. The topological polar surface area (TPSA) is 244 Å². The van der Waals surface area contributed by atoms with E-state index in [1.165, 1.54) is 24.3 Å². The molecule has 0 radical (unpaired) electrons. The molecule has 11 N–H and O–H groups in total. The summed E-state index contributed by atoms with van der Waals surface area (Å²) in [5, 5.41) is 17.2. The molecule has 0 aliphatic carbocycles. The summed E-state index contributed by atoms with van der Waals surface area (Å²) in [6, 6.07) is -4.10. The van der Waals surface area contributed by atoms with Crippen LogP contribution in [-0.2, 0) is 25.6 Å². The lowest BCUT2D eigenvalue weighted by Crippen LogP contribution is -2.59. The van der Waals surface area contributed by atoms with Gasteiger partial charge in [-0.2, -0.15) is 11.8 Å². The van der Waals surface area contributed by atoms with Crippen LogP contribution in [0.4, 0.5) is 0 Å². The molecule has 0 spiro atoms. The summed E-state index contributed by atoms with van der Waals surface area (Å²) in [5.41, 5.74) is 17.1. The Bertz CT molecular complexity index is 906. The number of guanidine groups is 1. The molecule has 0 aliphatic rings. The van der Waals surface area contributed by atoms with Crippen molar-refractivity contribution in [3.8, 4) is 0 Å². The maximum Gasteiger partial charge on any atom is 0.326 e. The third kappa shape index (κ3) is 12.0. The highest BCUT2D eigenvalue weighted by Crippen LogP contribution is 2.08. The van der Waals surface area contributed by atoms with Gasteiger partial charge in [-0.25, -0.2) is 9.78 Å². The molecule has 4 unspecified atom stereocenters. The Hall–Kier alpha value is -3.33. The summed E-state index contributed by atoms with van der Waals surface area (Å²) >= 11 is 1.46. The molecule has 0 saturated carbocycles. The number of aromatic amines is 1. The van der Waals surface area contributed by atoms with Gasteiger partial charge in [-0.3, -0.25) is 19.4 Å². The molecule has 37 heavy (non-hydrogen) atoms. The van der Waals surface area contributed by atoms with E-state index in [9.17, 15) is 24.3 Å². The Morgan fingerprint density at radius 1 is 1.08 bits per heavy atom. The third-order valence-corrected chi connectivity index (χ3v) is 6.03. The highest BCUT2D eigenvalue weighted by molar-refractivity contribution is 7.98. The number of hydrogen-bond acceptors (Lipinski definition) is 8. The average Bonchev–Trinajstić information content (AvgIpc) is 3.34. The Balaban J connectivity index is 2.94. The summed E-state index contributed by atoms with van der Waals surface area (Å²) in [6.45, 7) is 3.75. The number of aliphatic carboxylic acids is 1. The lowest BCUT2D eigenvalue weighted by atomic mass is 10.0. The molecule has 208 valence electrons. The van der Waals surface area contributed by atoms with Crippen LogP contribution in [0.15, 0.2) is 17.5 Å². The Labute approximate surface area is 220 Å². The van der Waals surface area contributed by atoms with E-state index in [1.807, 2.05) is 6.26 Å². The molecular weight excluding hydrogens is 502 g/mol. The van der Waals surface area contributed by atoms with Gasteiger partial charge in [0.1, 0.15) is 18.1 Å². The van der Waals surface area contributed by atoms with Crippen LogP contribution in [0.5, 0.6) is 0 Å². The number of rotatable bonds is 17. The number of nitrogens with two attached hydrogens (primary N) is 3. The predicted octanol–water partition coefficient (Wildman–Crippen LogP) is -1.72. The van der Waals surface area contributed by atoms with Gasteiger partial charge in [0.15, 0.2) is 5.96 Å². The van der Waals surface area contributed by atoms with Gasteiger partial charge in [-0.1, -0.05) is 13.8 Å². The van der Waals surface area contributed by atoms with Crippen molar-refractivity contribution in [2.45, 2.75) is 63.7 Å². The molecule has 0 fully saturated rings. The minimum absolute atomic E-state index is 0.0583. The predicted molar refractivity (Wildman–Crippen MR) is 141 cm³/mol. The summed E-state index contributed by atoms with van der Waals surface area (Å²) in [6.07, 6.45) is 5.83. The molecule has 1 aromatic heterocycles. The highest BCUT2D eigenvalue weighted by Gasteiger charge is 2.32. The van der Waals surface area contributed by atoms with Crippen LogP contribution in [-0.4, -0.2) is 87.4 Å². The van der Waals surface area contributed by atoms with Crippen LogP contribution in [0, 0.1) is 5.92 Å². The first kappa shape index (κ1) is 31.7. The number of aromatic nitrogens is 2. The van der Waals surface area contributed by atoms with Crippen molar-refractivity contribution < 1.29 is 24.3 Å². The summed E-state index contributed by atoms with van der Waals surface area (Å²) in [4.78, 5) is 61.1. The standard InChI is InChI=1S/C22H39N9O5S/c1-12(2)17(20(34)29-15(21(35)36)6-8-37-3)31-19(33)16(9-13-10-26-11-28-13)30-18(32)14(23)5-4-7-27-22(24)25/h10-12,14-17H,4-9,23H2,1-3H3,(H,26,28)(H,29,34)(H,30,32)(H,31,33)(H,35,36)(H4,24,25,27). The first-order chi connectivity index (χ1) is 17.5. The molecular formula is C22H39N9O5S. The average molecular weight is 542 g/mol. The highest BCUT2D eigenvalue weighted by atomic mass is 32.2. The minimum atomic E-state index is -1.16. The maximum absolute atomic E-state index is 13.2. The number of thioether (sulfide) groups is 1. The normalized spacial score (nSPS) is 14.2. The van der Waals surface area contributed by atoms with Gasteiger partial charge in [0.2, 0.25) is 17.7 Å². The van der Waals surface area contributed by atoms with Gasteiger partial charge < -0.3 is 43.2 Å². The quantitative estimate of drug-likeness (QED) is 0.0629.